The lowest BCUT2D eigenvalue weighted by molar-refractivity contribution is -0.115. The standard InChI is InChI=1S/C25H25F2N3O2S/c1-16(23(31)29-22-19(26)11-7-12-20(22)27)33-25-28-21-13-6-5-10-18(21)24(32)30(25)15-14-17-8-3-2-4-9-17/h5-8,10-13,16H,2-4,9,14-15H2,1H3,(H,29,31). The first kappa shape index (κ1) is 23.2. The molecule has 1 atom stereocenters. The molecular formula is C25H25F2N3O2S. The van der Waals surface area contributed by atoms with Crippen LogP contribution in [0.4, 0.5) is 14.5 Å². The Morgan fingerprint density at radius 2 is 1.91 bits per heavy atom. The maximum Gasteiger partial charge on any atom is 0.262 e. The van der Waals surface area contributed by atoms with Gasteiger partial charge >= 0.3 is 0 Å². The van der Waals surface area contributed by atoms with Crippen LogP contribution >= 0.6 is 11.8 Å². The number of thioether (sulfide) groups is 1. The SMILES string of the molecule is CC(Sc1nc2ccccc2c(=O)n1CCC1=CCCCC1)C(=O)Nc1c(F)cccc1F. The van der Waals surface area contributed by atoms with Crippen LogP contribution < -0.4 is 10.9 Å². The van der Waals surface area contributed by atoms with Crippen molar-refractivity contribution in [1.29, 1.82) is 0 Å². The fourth-order valence-electron chi connectivity index (χ4n) is 3.88. The van der Waals surface area contributed by atoms with Crippen LogP contribution in [0, 0.1) is 11.6 Å². The first-order valence-electron chi connectivity index (χ1n) is 11.0. The number of anilines is 1. The van der Waals surface area contributed by atoms with Gasteiger partial charge in [0.05, 0.1) is 16.2 Å². The number of rotatable bonds is 7. The highest BCUT2D eigenvalue weighted by atomic mass is 32.2. The van der Waals surface area contributed by atoms with Crippen molar-refractivity contribution in [3.63, 3.8) is 0 Å². The molecule has 0 aliphatic heterocycles. The Morgan fingerprint density at radius 3 is 2.64 bits per heavy atom. The van der Waals surface area contributed by atoms with Gasteiger partial charge in [-0.05, 0) is 63.3 Å². The zero-order chi connectivity index (χ0) is 23.4. The summed E-state index contributed by atoms with van der Waals surface area (Å²) in [5, 5.41) is 2.51. The Hall–Kier alpha value is -3.00. The van der Waals surface area contributed by atoms with Crippen molar-refractivity contribution in [2.75, 3.05) is 5.32 Å². The van der Waals surface area contributed by atoms with Crippen molar-refractivity contribution >= 4 is 34.3 Å². The van der Waals surface area contributed by atoms with Gasteiger partial charge in [0, 0.05) is 6.54 Å². The highest BCUT2D eigenvalue weighted by Gasteiger charge is 2.22. The van der Waals surface area contributed by atoms with E-state index in [1.165, 1.54) is 18.1 Å². The second-order valence-electron chi connectivity index (χ2n) is 8.07. The van der Waals surface area contributed by atoms with E-state index in [0.717, 1.165) is 49.6 Å². The third-order valence-corrected chi connectivity index (χ3v) is 6.82. The number of fused-ring (bicyclic) bond motifs is 1. The van der Waals surface area contributed by atoms with Crippen molar-refractivity contribution in [1.82, 2.24) is 9.55 Å². The maximum absolute atomic E-state index is 13.9. The summed E-state index contributed by atoms with van der Waals surface area (Å²) in [6.45, 7) is 2.08. The molecule has 4 rings (SSSR count). The second-order valence-corrected chi connectivity index (χ2v) is 9.38. The number of benzene rings is 2. The van der Waals surface area contributed by atoms with Crippen LogP contribution in [0.25, 0.3) is 10.9 Å². The number of hydrogen-bond acceptors (Lipinski definition) is 4. The van der Waals surface area contributed by atoms with Gasteiger partial charge in [0.1, 0.15) is 17.3 Å². The number of allylic oxidation sites excluding steroid dienone is 2. The van der Waals surface area contributed by atoms with Gasteiger partial charge < -0.3 is 5.32 Å². The van der Waals surface area contributed by atoms with Crippen LogP contribution in [0.2, 0.25) is 0 Å². The van der Waals surface area contributed by atoms with E-state index in [0.29, 0.717) is 22.6 Å². The minimum absolute atomic E-state index is 0.160. The molecule has 1 amide bonds. The van der Waals surface area contributed by atoms with Crippen molar-refractivity contribution in [3.8, 4) is 0 Å². The molecule has 1 heterocycles. The molecule has 0 saturated heterocycles. The van der Waals surface area contributed by atoms with Gasteiger partial charge in [-0.25, -0.2) is 13.8 Å². The average molecular weight is 470 g/mol. The zero-order valence-electron chi connectivity index (χ0n) is 18.3. The van der Waals surface area contributed by atoms with Crippen LogP contribution in [-0.4, -0.2) is 20.7 Å². The van der Waals surface area contributed by atoms with E-state index >= 15 is 0 Å². The lowest BCUT2D eigenvalue weighted by Gasteiger charge is -2.18. The molecule has 1 N–H and O–H groups in total. The van der Waals surface area contributed by atoms with Gasteiger partial charge in [-0.2, -0.15) is 0 Å². The number of aromatic nitrogens is 2. The van der Waals surface area contributed by atoms with Crippen molar-refractivity contribution in [3.05, 3.63) is 76.1 Å². The van der Waals surface area contributed by atoms with Gasteiger partial charge in [0.15, 0.2) is 5.16 Å². The van der Waals surface area contributed by atoms with Crippen LogP contribution in [0.1, 0.15) is 39.0 Å². The minimum atomic E-state index is -0.845. The first-order chi connectivity index (χ1) is 15.9. The fraction of sp³-hybridized carbons (Fsp3) is 0.320. The van der Waals surface area contributed by atoms with E-state index in [1.54, 1.807) is 35.8 Å². The summed E-state index contributed by atoms with van der Waals surface area (Å²) in [7, 11) is 0. The second kappa shape index (κ2) is 10.3. The molecule has 1 aliphatic carbocycles. The number of para-hydroxylation sites is 2. The predicted octanol–water partition coefficient (Wildman–Crippen LogP) is 5.68. The number of halogens is 2. The number of carbonyl (C=O) groups is 1. The largest absolute Gasteiger partial charge is 0.320 e. The van der Waals surface area contributed by atoms with Crippen molar-refractivity contribution in [2.45, 2.75) is 56.0 Å². The van der Waals surface area contributed by atoms with Crippen LogP contribution in [-0.2, 0) is 11.3 Å². The van der Waals surface area contributed by atoms with Gasteiger partial charge in [0.25, 0.3) is 5.56 Å². The molecule has 0 saturated carbocycles. The van der Waals surface area contributed by atoms with E-state index in [2.05, 4.69) is 16.4 Å². The molecule has 33 heavy (non-hydrogen) atoms. The summed E-state index contributed by atoms with van der Waals surface area (Å²) >= 11 is 1.10. The summed E-state index contributed by atoms with van der Waals surface area (Å²) in [5.41, 5.74) is 1.24. The first-order valence-corrected chi connectivity index (χ1v) is 11.9. The van der Waals surface area contributed by atoms with Crippen molar-refractivity contribution < 1.29 is 13.6 Å². The molecule has 0 radical (unpaired) electrons. The number of carbonyl (C=O) groups excluding carboxylic acids is 1. The van der Waals surface area contributed by atoms with Gasteiger partial charge in [-0.1, -0.05) is 41.6 Å². The molecule has 1 aromatic heterocycles. The lowest BCUT2D eigenvalue weighted by atomic mass is 9.97. The number of hydrogen-bond donors (Lipinski definition) is 1. The Bertz CT molecular complexity index is 1250. The van der Waals surface area contributed by atoms with Gasteiger partial charge in [0.2, 0.25) is 5.91 Å². The molecule has 8 heteroatoms. The van der Waals surface area contributed by atoms with E-state index < -0.39 is 28.5 Å². The summed E-state index contributed by atoms with van der Waals surface area (Å²) < 4.78 is 29.5. The Kier molecular flexibility index (Phi) is 7.23. The predicted molar refractivity (Wildman–Crippen MR) is 127 cm³/mol. The van der Waals surface area contributed by atoms with Crippen LogP contribution in [0.3, 0.4) is 0 Å². The normalized spacial score (nSPS) is 14.7. The molecule has 1 unspecified atom stereocenters. The number of amides is 1. The minimum Gasteiger partial charge on any atom is -0.320 e. The van der Waals surface area contributed by atoms with Gasteiger partial charge in [-0.3, -0.25) is 14.2 Å². The molecule has 3 aromatic rings. The smallest absolute Gasteiger partial charge is 0.262 e. The van der Waals surface area contributed by atoms with Crippen LogP contribution in [0.15, 0.2) is 64.1 Å². The third kappa shape index (κ3) is 5.33. The van der Waals surface area contributed by atoms with E-state index in [9.17, 15) is 18.4 Å². The molecule has 5 nitrogen and oxygen atoms in total. The lowest BCUT2D eigenvalue weighted by Crippen LogP contribution is -2.27. The zero-order valence-corrected chi connectivity index (χ0v) is 19.1. The molecule has 0 fully saturated rings. The molecule has 172 valence electrons. The Labute approximate surface area is 194 Å². The van der Waals surface area contributed by atoms with E-state index in [4.69, 9.17) is 0 Å². The van der Waals surface area contributed by atoms with Crippen molar-refractivity contribution in [2.24, 2.45) is 0 Å². The molecule has 0 spiro atoms. The molecule has 1 aliphatic rings. The van der Waals surface area contributed by atoms with E-state index in [1.807, 2.05) is 0 Å². The number of nitrogens with zero attached hydrogens (tertiary/aromatic N) is 2. The summed E-state index contributed by atoms with van der Waals surface area (Å²) in [5.74, 6) is -2.27. The van der Waals surface area contributed by atoms with E-state index in [-0.39, 0.29) is 5.56 Å². The average Bonchev–Trinajstić information content (AvgIpc) is 2.82. The topological polar surface area (TPSA) is 64.0 Å². The molecule has 2 aromatic carbocycles. The van der Waals surface area contributed by atoms with Gasteiger partial charge in [-0.15, -0.1) is 0 Å². The summed E-state index contributed by atoms with van der Waals surface area (Å²) in [4.78, 5) is 30.6. The Morgan fingerprint density at radius 1 is 1.15 bits per heavy atom. The highest BCUT2D eigenvalue weighted by Crippen LogP contribution is 2.27. The van der Waals surface area contributed by atoms with Crippen LogP contribution in [0.5, 0.6) is 0 Å². The quantitative estimate of drug-likeness (QED) is 0.275. The summed E-state index contributed by atoms with van der Waals surface area (Å²) in [6, 6.07) is 10.5. The monoisotopic (exact) mass is 469 g/mol. The summed E-state index contributed by atoms with van der Waals surface area (Å²) in [6.07, 6.45) is 7.43. The highest BCUT2D eigenvalue weighted by molar-refractivity contribution is 8.00. The molecule has 0 bridgehead atoms. The number of nitrogens with one attached hydrogen (secondary N) is 1. The third-order valence-electron chi connectivity index (χ3n) is 5.73. The maximum atomic E-state index is 13.9. The fourth-order valence-corrected chi connectivity index (χ4v) is 4.81. The molecular weight excluding hydrogens is 444 g/mol. The Balaban J connectivity index is 1.60.